The topological polar surface area (TPSA) is 97.7 Å². The fourth-order valence-corrected chi connectivity index (χ4v) is 7.42. The van der Waals surface area contributed by atoms with Crippen LogP contribution in [0.3, 0.4) is 0 Å². The molecule has 0 bridgehead atoms. The van der Waals surface area contributed by atoms with Gasteiger partial charge in [-0.25, -0.2) is 43.6 Å². The molecule has 0 atom stereocenters. The molecule has 452 valence electrons. The SMILES string of the molecule is FC(F)(OC(F)(F)C(F)(F)OC(F)(F)C(F)(F)OC(F)(F)C(F)(F)c1ccc(-c2nc3ccccc3nc2-c2ccccc2)cc1)C(F)(F)OC(F)(F)C(F)(F)OC(F)(F)C(F)(F)c1ccc(-c2nc3ccccc3nc2-c2ccccc2)cc1. The van der Waals surface area contributed by atoms with Gasteiger partial charge in [0, 0.05) is 33.4 Å². The van der Waals surface area contributed by atoms with Crippen molar-refractivity contribution in [1.29, 1.82) is 0 Å². The van der Waals surface area contributed by atoms with Gasteiger partial charge < -0.3 is 0 Å². The van der Waals surface area contributed by atoms with Gasteiger partial charge in [-0.05, 0) is 24.3 Å². The first-order valence-electron chi connectivity index (χ1n) is 23.0. The van der Waals surface area contributed by atoms with Crippen molar-refractivity contribution in [1.82, 2.24) is 19.9 Å². The van der Waals surface area contributed by atoms with E-state index in [0.717, 1.165) is 0 Å². The van der Waals surface area contributed by atoms with Crippen LogP contribution in [-0.2, 0) is 35.5 Å². The first-order chi connectivity index (χ1) is 39.1. The second-order valence-corrected chi connectivity index (χ2v) is 17.5. The lowest BCUT2D eigenvalue weighted by atomic mass is 10.00. The summed E-state index contributed by atoms with van der Waals surface area (Å²) in [4.78, 5) is 17.5. The predicted octanol–water partition coefficient (Wildman–Crippen LogP) is 17.1. The fraction of sp³-hybridized carbons (Fsp3) is 0.231. The fourth-order valence-electron chi connectivity index (χ4n) is 7.42. The average Bonchev–Trinajstić information content (AvgIpc) is 2.30. The van der Waals surface area contributed by atoms with Gasteiger partial charge >= 0.3 is 72.9 Å². The van der Waals surface area contributed by atoms with Crippen molar-refractivity contribution in [3.05, 3.63) is 169 Å². The van der Waals surface area contributed by atoms with E-state index < -0.39 is 84.1 Å². The summed E-state index contributed by atoms with van der Waals surface area (Å²) in [6, 6.07) is 29.8. The van der Waals surface area contributed by atoms with Crippen LogP contribution in [0.25, 0.3) is 67.1 Å². The number of benzene rings is 6. The Hall–Kier alpha value is -7.88. The number of rotatable bonds is 22. The van der Waals surface area contributed by atoms with Gasteiger partial charge in [0.15, 0.2) is 0 Å². The van der Waals surface area contributed by atoms with Crippen LogP contribution in [0.15, 0.2) is 158 Å². The van der Waals surface area contributed by atoms with Gasteiger partial charge in [0.25, 0.3) is 0 Å². The lowest BCUT2D eigenvalue weighted by Crippen LogP contribution is -2.62. The van der Waals surface area contributed by atoms with Crippen LogP contribution in [0.5, 0.6) is 0 Å². The van der Waals surface area contributed by atoms with Gasteiger partial charge in [0.05, 0.1) is 44.8 Å². The zero-order chi connectivity index (χ0) is 62.8. The molecule has 0 saturated carbocycles. The minimum Gasteiger partial charge on any atom is -0.244 e. The van der Waals surface area contributed by atoms with E-state index in [4.69, 9.17) is 0 Å². The maximum Gasteiger partial charge on any atom is 0.453 e. The monoisotopic (exact) mass is 1240 g/mol. The Bertz CT molecular complexity index is 3460. The second-order valence-electron chi connectivity index (χ2n) is 17.5. The van der Waals surface area contributed by atoms with Crippen LogP contribution >= 0.6 is 0 Å². The van der Waals surface area contributed by atoms with Gasteiger partial charge in [-0.1, -0.05) is 133 Å². The quantitative estimate of drug-likeness (QED) is 0.0615. The molecule has 85 heavy (non-hydrogen) atoms. The Morgan fingerprint density at radius 1 is 0.200 bits per heavy atom. The molecule has 0 N–H and O–H groups in total. The summed E-state index contributed by atoms with van der Waals surface area (Å²) in [5, 5.41) is 0. The van der Waals surface area contributed by atoms with Crippen LogP contribution < -0.4 is 0 Å². The maximum absolute atomic E-state index is 15.1. The van der Waals surface area contributed by atoms with Gasteiger partial charge in [-0.3, -0.25) is 0 Å². The molecule has 6 aromatic carbocycles. The molecule has 0 spiro atoms. The highest BCUT2D eigenvalue weighted by Crippen LogP contribution is 2.56. The van der Waals surface area contributed by atoms with Gasteiger partial charge in [0.1, 0.15) is 0 Å². The molecule has 2 aromatic heterocycles. The van der Waals surface area contributed by atoms with E-state index in [0.29, 0.717) is 35.4 Å². The molecular weight excluding hydrogens is 1220 g/mol. The number of fused-ring (bicyclic) bond motifs is 2. The molecule has 0 aliphatic heterocycles. The molecule has 0 aliphatic rings. The predicted molar refractivity (Wildman–Crippen MR) is 244 cm³/mol. The summed E-state index contributed by atoms with van der Waals surface area (Å²) in [6.45, 7) is 0. The number of alkyl halides is 24. The number of hydrogen-bond acceptors (Lipinski definition) is 9. The highest BCUT2D eigenvalue weighted by atomic mass is 19.4. The Labute approximate surface area is 457 Å². The van der Waals surface area contributed by atoms with Crippen molar-refractivity contribution in [2.45, 2.75) is 72.9 Å². The Morgan fingerprint density at radius 3 is 0.588 bits per heavy atom. The Balaban J connectivity index is 0.938. The van der Waals surface area contributed by atoms with E-state index in [1.165, 1.54) is 89.7 Å². The summed E-state index contributed by atoms with van der Waals surface area (Å²) in [5.74, 6) is -12.6. The highest BCUT2D eigenvalue weighted by molar-refractivity contribution is 5.87. The number of aromatic nitrogens is 4. The largest absolute Gasteiger partial charge is 0.453 e. The first-order valence-corrected chi connectivity index (χ1v) is 23.0. The van der Waals surface area contributed by atoms with E-state index in [1.54, 1.807) is 33.7 Å². The minimum absolute atomic E-state index is 0.0423. The molecule has 0 saturated heterocycles. The van der Waals surface area contributed by atoms with Crippen LogP contribution in [0.4, 0.5) is 105 Å². The standard InChI is InChI=1S/C52H26F24N4O5/c53-41(54,31-23-19-29(20-24-31)39-37(27-11-3-1-4-12-27)77-33-15-7-9-17-35(33)79-39)43(57,58)81-45(61,62)47(65,66)83-49(69,70)51(73,74)85-52(75,76)50(71,72)84-48(67,68)46(63,64)82-44(59,60)42(55,56)32-25-21-30(22-26-32)40-38(28-13-5-2-6-14-28)78-34-16-8-10-18-36(34)80-40/h1-26H. The van der Waals surface area contributed by atoms with Gasteiger partial charge in [-0.2, -0.15) is 105 Å². The van der Waals surface area contributed by atoms with E-state index >= 15 is 17.6 Å². The summed E-state index contributed by atoms with van der Waals surface area (Å²) < 4.78 is 359. The van der Waals surface area contributed by atoms with E-state index in [-0.39, 0.29) is 80.2 Å². The summed E-state index contributed by atoms with van der Waals surface area (Å²) in [5.41, 5.74) is -3.23. The molecule has 0 unspecified atom stereocenters. The van der Waals surface area contributed by atoms with Gasteiger partial charge in [0.2, 0.25) is 0 Å². The normalized spacial score (nSPS) is 14.1. The lowest BCUT2D eigenvalue weighted by molar-refractivity contribution is -0.591. The van der Waals surface area contributed by atoms with E-state index in [2.05, 4.69) is 29.4 Å². The van der Waals surface area contributed by atoms with Gasteiger partial charge in [-0.15, -0.1) is 0 Å². The summed E-state index contributed by atoms with van der Waals surface area (Å²) in [7, 11) is 0. The van der Waals surface area contributed by atoms with Crippen molar-refractivity contribution in [2.75, 3.05) is 0 Å². The zero-order valence-electron chi connectivity index (χ0n) is 40.9. The van der Waals surface area contributed by atoms with E-state index in [1.807, 2.05) is 0 Å². The molecule has 0 fully saturated rings. The van der Waals surface area contributed by atoms with Crippen LogP contribution in [0.1, 0.15) is 11.1 Å². The molecule has 2 heterocycles. The molecule has 33 heteroatoms. The Kier molecular flexibility index (Phi) is 16.0. The molecular formula is C52H26F24N4O5. The summed E-state index contributed by atoms with van der Waals surface area (Å²) in [6.07, 6.45) is -78.3. The van der Waals surface area contributed by atoms with Crippen molar-refractivity contribution in [2.24, 2.45) is 0 Å². The molecule has 0 aliphatic carbocycles. The molecule has 8 rings (SSSR count). The van der Waals surface area contributed by atoms with Crippen molar-refractivity contribution >= 4 is 22.1 Å². The molecule has 0 radical (unpaired) electrons. The molecule has 9 nitrogen and oxygen atoms in total. The smallest absolute Gasteiger partial charge is 0.244 e. The molecule has 8 aromatic rings. The third kappa shape index (κ3) is 12.1. The average molecular weight is 1240 g/mol. The third-order valence-corrected chi connectivity index (χ3v) is 11.6. The highest BCUT2D eigenvalue weighted by Gasteiger charge is 2.80. The second kappa shape index (κ2) is 21.6. The van der Waals surface area contributed by atoms with Crippen LogP contribution in [0, 0.1) is 0 Å². The maximum atomic E-state index is 15.1. The van der Waals surface area contributed by atoms with Crippen molar-refractivity contribution < 1.29 is 129 Å². The lowest BCUT2D eigenvalue weighted by Gasteiger charge is -2.37. The number of ether oxygens (including phenoxy) is 5. The van der Waals surface area contributed by atoms with Crippen LogP contribution in [-0.4, -0.2) is 81.0 Å². The van der Waals surface area contributed by atoms with Crippen molar-refractivity contribution in [3.63, 3.8) is 0 Å². The first kappa shape index (κ1) is 63.1. The van der Waals surface area contributed by atoms with Crippen molar-refractivity contribution in [3.8, 4) is 45.0 Å². The number of halogens is 24. The summed E-state index contributed by atoms with van der Waals surface area (Å²) >= 11 is 0. The van der Waals surface area contributed by atoms with E-state index in [9.17, 15) is 87.8 Å². The third-order valence-electron chi connectivity index (χ3n) is 11.6. The number of hydrogen-bond donors (Lipinski definition) is 0. The zero-order valence-corrected chi connectivity index (χ0v) is 40.9. The number of para-hydroxylation sites is 4. The molecule has 0 amide bonds. The number of nitrogens with zero attached hydrogens (tertiary/aromatic N) is 4. The Morgan fingerprint density at radius 2 is 0.376 bits per heavy atom. The minimum atomic E-state index is -8.18. The van der Waals surface area contributed by atoms with Crippen LogP contribution in [0.2, 0.25) is 0 Å².